The smallest absolute Gasteiger partial charge is 0.262 e. The average molecular weight is 356 g/mol. The van der Waals surface area contributed by atoms with Crippen LogP contribution in [0.2, 0.25) is 0 Å². The fourth-order valence-electron chi connectivity index (χ4n) is 3.07. The lowest BCUT2D eigenvalue weighted by Gasteiger charge is -2.10. The van der Waals surface area contributed by atoms with Crippen LogP contribution in [-0.2, 0) is 6.54 Å². The topological polar surface area (TPSA) is 44.1 Å². The molecule has 1 aromatic carbocycles. The Balaban J connectivity index is 2.01. The van der Waals surface area contributed by atoms with E-state index in [0.29, 0.717) is 0 Å². The summed E-state index contributed by atoms with van der Waals surface area (Å²) in [7, 11) is 1.65. The highest BCUT2D eigenvalue weighted by Gasteiger charge is 2.15. The number of unbranched alkanes of at least 4 members (excludes halogenated alkanes) is 3. The van der Waals surface area contributed by atoms with Gasteiger partial charge < -0.3 is 4.74 Å². The molecule has 0 aliphatic rings. The molecule has 4 nitrogen and oxygen atoms in total. The second-order valence-corrected chi connectivity index (χ2v) is 7.09. The Morgan fingerprint density at radius 2 is 1.92 bits per heavy atom. The molecule has 0 spiro atoms. The van der Waals surface area contributed by atoms with Gasteiger partial charge in [0.1, 0.15) is 16.4 Å². The van der Waals surface area contributed by atoms with Gasteiger partial charge in [0, 0.05) is 17.5 Å². The van der Waals surface area contributed by atoms with Crippen molar-refractivity contribution in [2.24, 2.45) is 0 Å². The van der Waals surface area contributed by atoms with Crippen LogP contribution in [0.3, 0.4) is 0 Å². The van der Waals surface area contributed by atoms with Crippen LogP contribution in [0, 0.1) is 6.92 Å². The van der Waals surface area contributed by atoms with Gasteiger partial charge in [0.2, 0.25) is 0 Å². The van der Waals surface area contributed by atoms with Crippen molar-refractivity contribution < 1.29 is 4.74 Å². The number of benzene rings is 1. The number of thiophene rings is 1. The quantitative estimate of drug-likeness (QED) is 0.558. The highest BCUT2D eigenvalue weighted by Crippen LogP contribution is 2.32. The Kier molecular flexibility index (Phi) is 5.53. The first-order chi connectivity index (χ1) is 12.2. The highest BCUT2D eigenvalue weighted by atomic mass is 32.1. The van der Waals surface area contributed by atoms with E-state index in [4.69, 9.17) is 4.74 Å². The minimum atomic E-state index is 0.0751. The van der Waals surface area contributed by atoms with E-state index >= 15 is 0 Å². The molecule has 2 aromatic heterocycles. The van der Waals surface area contributed by atoms with Crippen LogP contribution in [0.5, 0.6) is 5.75 Å². The summed E-state index contributed by atoms with van der Waals surface area (Å²) in [5.74, 6) is 1.61. The lowest BCUT2D eigenvalue weighted by Crippen LogP contribution is -2.23. The van der Waals surface area contributed by atoms with Gasteiger partial charge in [0.15, 0.2) is 0 Å². The number of fused-ring (bicyclic) bond motifs is 1. The first-order valence-corrected chi connectivity index (χ1v) is 9.66. The Bertz CT molecular complexity index is 910. The molecule has 0 N–H and O–H groups in total. The van der Waals surface area contributed by atoms with Gasteiger partial charge in [0.05, 0.1) is 12.5 Å². The first-order valence-electron chi connectivity index (χ1n) is 8.78. The highest BCUT2D eigenvalue weighted by molar-refractivity contribution is 7.17. The Hall–Kier alpha value is -2.14. The van der Waals surface area contributed by atoms with Crippen molar-refractivity contribution in [3.05, 3.63) is 45.8 Å². The molecule has 0 radical (unpaired) electrons. The average Bonchev–Trinajstić information content (AvgIpc) is 3.05. The maximum Gasteiger partial charge on any atom is 0.262 e. The summed E-state index contributed by atoms with van der Waals surface area (Å²) >= 11 is 1.53. The van der Waals surface area contributed by atoms with Crippen LogP contribution < -0.4 is 10.3 Å². The van der Waals surface area contributed by atoms with Gasteiger partial charge in [-0.15, -0.1) is 11.3 Å². The molecule has 0 saturated carbocycles. The van der Waals surface area contributed by atoms with Crippen LogP contribution in [0.1, 0.15) is 38.4 Å². The van der Waals surface area contributed by atoms with Gasteiger partial charge in [-0.3, -0.25) is 9.36 Å². The maximum atomic E-state index is 13.1. The Morgan fingerprint density at radius 3 is 2.60 bits per heavy atom. The van der Waals surface area contributed by atoms with Crippen LogP contribution in [-0.4, -0.2) is 16.7 Å². The molecule has 2 heterocycles. The van der Waals surface area contributed by atoms with E-state index in [1.54, 1.807) is 7.11 Å². The summed E-state index contributed by atoms with van der Waals surface area (Å²) in [4.78, 5) is 18.6. The van der Waals surface area contributed by atoms with E-state index in [0.717, 1.165) is 52.3 Å². The molecule has 132 valence electrons. The first kappa shape index (κ1) is 17.7. The summed E-state index contributed by atoms with van der Waals surface area (Å²) in [6.07, 6.45) is 4.56. The predicted octanol–water partition coefficient (Wildman–Crippen LogP) is 5.02. The fraction of sp³-hybridized carbons (Fsp3) is 0.400. The molecule has 0 fully saturated rings. The van der Waals surface area contributed by atoms with Crippen molar-refractivity contribution in [3.63, 3.8) is 0 Å². The molecule has 25 heavy (non-hydrogen) atoms. The molecule has 0 unspecified atom stereocenters. The Morgan fingerprint density at radius 1 is 1.16 bits per heavy atom. The van der Waals surface area contributed by atoms with Crippen LogP contribution in [0.25, 0.3) is 21.3 Å². The number of hydrogen-bond acceptors (Lipinski definition) is 4. The van der Waals surface area contributed by atoms with Gasteiger partial charge in [-0.25, -0.2) is 4.98 Å². The molecule has 0 aliphatic carbocycles. The largest absolute Gasteiger partial charge is 0.497 e. The molecule has 0 amide bonds. The van der Waals surface area contributed by atoms with E-state index in [9.17, 15) is 4.79 Å². The van der Waals surface area contributed by atoms with Crippen molar-refractivity contribution in [2.45, 2.75) is 46.1 Å². The zero-order valence-corrected chi connectivity index (χ0v) is 15.9. The van der Waals surface area contributed by atoms with Crippen molar-refractivity contribution in [2.75, 3.05) is 7.11 Å². The van der Waals surface area contributed by atoms with Crippen LogP contribution in [0.15, 0.2) is 34.4 Å². The van der Waals surface area contributed by atoms with E-state index in [1.165, 1.54) is 24.2 Å². The summed E-state index contributed by atoms with van der Waals surface area (Å²) < 4.78 is 7.05. The molecule has 0 atom stereocenters. The van der Waals surface area contributed by atoms with Crippen molar-refractivity contribution >= 4 is 21.6 Å². The standard InChI is InChI=1S/C20H24N2O2S/c1-4-5-6-7-12-22-14(2)21-19-18(20(22)23)17(13-25-19)15-8-10-16(24-3)11-9-15/h8-11,13H,4-7,12H2,1-3H3. The third-order valence-electron chi connectivity index (χ3n) is 4.52. The number of aryl methyl sites for hydroxylation is 1. The van der Waals surface area contributed by atoms with Crippen molar-refractivity contribution in [1.82, 2.24) is 9.55 Å². The predicted molar refractivity (Wildman–Crippen MR) is 105 cm³/mol. The van der Waals surface area contributed by atoms with Gasteiger partial charge in [-0.1, -0.05) is 38.3 Å². The molecular formula is C20H24N2O2S. The molecule has 5 heteroatoms. The number of hydrogen-bond donors (Lipinski definition) is 0. The molecule has 3 aromatic rings. The minimum Gasteiger partial charge on any atom is -0.497 e. The number of methoxy groups -OCH3 is 1. The summed E-state index contributed by atoms with van der Waals surface area (Å²) in [6.45, 7) is 4.86. The van der Waals surface area contributed by atoms with Crippen LogP contribution in [0.4, 0.5) is 0 Å². The number of rotatable bonds is 7. The van der Waals surface area contributed by atoms with E-state index < -0.39 is 0 Å². The van der Waals surface area contributed by atoms with Gasteiger partial charge in [0.25, 0.3) is 5.56 Å². The van der Waals surface area contributed by atoms with Gasteiger partial charge >= 0.3 is 0 Å². The third kappa shape index (κ3) is 3.61. The zero-order valence-electron chi connectivity index (χ0n) is 15.0. The lowest BCUT2D eigenvalue weighted by atomic mass is 10.1. The molecular weight excluding hydrogens is 332 g/mol. The zero-order chi connectivity index (χ0) is 17.8. The van der Waals surface area contributed by atoms with Gasteiger partial charge in [-0.05, 0) is 31.0 Å². The molecule has 3 rings (SSSR count). The summed E-state index contributed by atoms with van der Waals surface area (Å²) in [5.41, 5.74) is 2.06. The molecule has 0 aliphatic heterocycles. The van der Waals surface area contributed by atoms with Crippen LogP contribution >= 0.6 is 11.3 Å². The van der Waals surface area contributed by atoms with Crippen molar-refractivity contribution in [1.29, 1.82) is 0 Å². The van der Waals surface area contributed by atoms with Gasteiger partial charge in [-0.2, -0.15) is 0 Å². The second kappa shape index (κ2) is 7.83. The summed E-state index contributed by atoms with van der Waals surface area (Å²) in [6, 6.07) is 7.82. The van der Waals surface area contributed by atoms with E-state index in [-0.39, 0.29) is 5.56 Å². The molecule has 0 saturated heterocycles. The second-order valence-electron chi connectivity index (χ2n) is 6.23. The summed E-state index contributed by atoms with van der Waals surface area (Å²) in [5, 5.41) is 2.76. The van der Waals surface area contributed by atoms with Crippen molar-refractivity contribution in [3.8, 4) is 16.9 Å². The molecule has 0 bridgehead atoms. The Labute approximate surface area is 152 Å². The number of ether oxygens (including phenoxy) is 1. The van der Waals surface area contributed by atoms with E-state index in [1.807, 2.05) is 41.1 Å². The third-order valence-corrected chi connectivity index (χ3v) is 5.39. The number of nitrogens with zero attached hydrogens (tertiary/aromatic N) is 2. The maximum absolute atomic E-state index is 13.1. The number of aromatic nitrogens is 2. The minimum absolute atomic E-state index is 0.0751. The lowest BCUT2D eigenvalue weighted by molar-refractivity contribution is 0.415. The SMILES string of the molecule is CCCCCCn1c(C)nc2scc(-c3ccc(OC)cc3)c2c1=O. The monoisotopic (exact) mass is 356 g/mol. The fourth-order valence-corrected chi connectivity index (χ4v) is 4.05. The normalized spacial score (nSPS) is 11.2. The van der Waals surface area contributed by atoms with E-state index in [2.05, 4.69) is 11.9 Å².